The summed E-state index contributed by atoms with van der Waals surface area (Å²) in [5.41, 5.74) is 4.27. The number of amides is 1. The highest BCUT2D eigenvalue weighted by molar-refractivity contribution is 5.93. The van der Waals surface area contributed by atoms with Gasteiger partial charge in [-0.05, 0) is 49.6 Å². The number of ether oxygens (including phenoxy) is 1. The first-order valence-corrected chi connectivity index (χ1v) is 11.9. The SMILES string of the molecule is Cc1cccc(Cn2cccc(C(=O)NCc3ccccc3CN3CC(C)OC(C)C3)c2=O)c1. The normalized spacial score (nSPS) is 18.6. The van der Waals surface area contributed by atoms with E-state index < -0.39 is 0 Å². The van der Waals surface area contributed by atoms with E-state index in [1.807, 2.05) is 49.4 Å². The van der Waals surface area contributed by atoms with Crippen molar-refractivity contribution in [1.82, 2.24) is 14.8 Å². The third-order valence-corrected chi connectivity index (χ3v) is 6.15. The summed E-state index contributed by atoms with van der Waals surface area (Å²) in [6, 6.07) is 19.5. The largest absolute Gasteiger partial charge is 0.373 e. The van der Waals surface area contributed by atoms with E-state index in [0.29, 0.717) is 13.1 Å². The Morgan fingerprint density at radius 3 is 2.44 bits per heavy atom. The molecule has 4 rings (SSSR count). The molecular formula is C28H33N3O3. The second-order valence-corrected chi connectivity index (χ2v) is 9.25. The second kappa shape index (κ2) is 10.8. The van der Waals surface area contributed by atoms with E-state index in [-0.39, 0.29) is 29.2 Å². The molecule has 1 aliphatic heterocycles. The van der Waals surface area contributed by atoms with Gasteiger partial charge in [0, 0.05) is 32.4 Å². The van der Waals surface area contributed by atoms with Crippen LogP contribution < -0.4 is 10.9 Å². The summed E-state index contributed by atoms with van der Waals surface area (Å²) in [5.74, 6) is -0.355. The predicted octanol–water partition coefficient (Wildman–Crippen LogP) is 3.74. The molecule has 2 unspecified atom stereocenters. The molecule has 6 nitrogen and oxygen atoms in total. The van der Waals surface area contributed by atoms with Gasteiger partial charge in [-0.3, -0.25) is 14.5 Å². The first-order chi connectivity index (χ1) is 16.4. The zero-order chi connectivity index (χ0) is 24.1. The maximum atomic E-state index is 13.0. The molecule has 0 saturated carbocycles. The summed E-state index contributed by atoms with van der Waals surface area (Å²) < 4.78 is 7.43. The number of pyridine rings is 1. The van der Waals surface area contributed by atoms with Crippen molar-refractivity contribution in [3.8, 4) is 0 Å². The number of aryl methyl sites for hydroxylation is 1. The van der Waals surface area contributed by atoms with Crippen LogP contribution in [0.2, 0.25) is 0 Å². The molecule has 0 bridgehead atoms. The van der Waals surface area contributed by atoms with Crippen LogP contribution in [0.5, 0.6) is 0 Å². The molecule has 3 aromatic rings. The minimum atomic E-state index is -0.355. The molecule has 0 spiro atoms. The van der Waals surface area contributed by atoms with Crippen molar-refractivity contribution < 1.29 is 9.53 Å². The lowest BCUT2D eigenvalue weighted by Crippen LogP contribution is -2.45. The Morgan fingerprint density at radius 2 is 1.71 bits per heavy atom. The Bertz CT molecular complexity index is 1190. The quantitative estimate of drug-likeness (QED) is 0.585. The summed E-state index contributed by atoms with van der Waals surface area (Å²) in [6.45, 7) is 9.59. The van der Waals surface area contributed by atoms with Crippen molar-refractivity contribution in [3.63, 3.8) is 0 Å². The van der Waals surface area contributed by atoms with Crippen molar-refractivity contribution in [2.45, 2.75) is 52.6 Å². The smallest absolute Gasteiger partial charge is 0.263 e. The van der Waals surface area contributed by atoms with Gasteiger partial charge in [0.25, 0.3) is 11.5 Å². The molecular weight excluding hydrogens is 426 g/mol. The van der Waals surface area contributed by atoms with Crippen LogP contribution in [0.15, 0.2) is 71.7 Å². The summed E-state index contributed by atoms with van der Waals surface area (Å²) in [7, 11) is 0. The lowest BCUT2D eigenvalue weighted by molar-refractivity contribution is -0.0705. The topological polar surface area (TPSA) is 63.6 Å². The van der Waals surface area contributed by atoms with Crippen LogP contribution in [-0.4, -0.2) is 40.7 Å². The molecule has 1 aromatic heterocycles. The molecule has 6 heteroatoms. The number of carbonyl (C=O) groups excluding carboxylic acids is 1. The van der Waals surface area contributed by atoms with Gasteiger partial charge in [0.2, 0.25) is 0 Å². The zero-order valence-electron chi connectivity index (χ0n) is 20.2. The number of nitrogens with zero attached hydrogens (tertiary/aromatic N) is 2. The summed E-state index contributed by atoms with van der Waals surface area (Å²) in [5, 5.41) is 2.96. The first-order valence-electron chi connectivity index (χ1n) is 11.9. The van der Waals surface area contributed by atoms with E-state index in [1.54, 1.807) is 22.9 Å². The molecule has 0 radical (unpaired) electrons. The number of nitrogens with one attached hydrogen (secondary N) is 1. The lowest BCUT2D eigenvalue weighted by Gasteiger charge is -2.35. The van der Waals surface area contributed by atoms with Crippen molar-refractivity contribution in [2.75, 3.05) is 13.1 Å². The molecule has 178 valence electrons. The Hall–Kier alpha value is -3.22. The number of benzene rings is 2. The molecule has 1 amide bonds. The number of rotatable bonds is 7. The Balaban J connectivity index is 1.44. The Labute approximate surface area is 201 Å². The third-order valence-electron chi connectivity index (χ3n) is 6.15. The molecule has 1 N–H and O–H groups in total. The van der Waals surface area contributed by atoms with Crippen LogP contribution in [0.4, 0.5) is 0 Å². The molecule has 1 saturated heterocycles. The number of carbonyl (C=O) groups is 1. The minimum Gasteiger partial charge on any atom is -0.373 e. The average Bonchev–Trinajstić information content (AvgIpc) is 2.79. The van der Waals surface area contributed by atoms with E-state index >= 15 is 0 Å². The molecule has 1 aliphatic rings. The average molecular weight is 460 g/mol. The lowest BCUT2D eigenvalue weighted by atomic mass is 10.1. The number of aromatic nitrogens is 1. The Morgan fingerprint density at radius 1 is 0.971 bits per heavy atom. The van der Waals surface area contributed by atoms with Crippen LogP contribution in [-0.2, 0) is 24.4 Å². The van der Waals surface area contributed by atoms with E-state index in [1.165, 1.54) is 5.56 Å². The number of morpholine rings is 1. The highest BCUT2D eigenvalue weighted by atomic mass is 16.5. The fourth-order valence-electron chi connectivity index (χ4n) is 4.65. The fraction of sp³-hybridized carbons (Fsp3) is 0.357. The first kappa shape index (κ1) is 23.9. The minimum absolute atomic E-state index is 0.156. The molecule has 1 fully saturated rings. The monoisotopic (exact) mass is 459 g/mol. The van der Waals surface area contributed by atoms with Crippen LogP contribution in [0.25, 0.3) is 0 Å². The van der Waals surface area contributed by atoms with Gasteiger partial charge in [-0.1, -0.05) is 54.1 Å². The van der Waals surface area contributed by atoms with Gasteiger partial charge >= 0.3 is 0 Å². The van der Waals surface area contributed by atoms with E-state index in [4.69, 9.17) is 4.74 Å². The van der Waals surface area contributed by atoms with Gasteiger partial charge < -0.3 is 14.6 Å². The van der Waals surface area contributed by atoms with Crippen molar-refractivity contribution in [3.05, 3.63) is 105 Å². The number of hydrogen-bond acceptors (Lipinski definition) is 4. The van der Waals surface area contributed by atoms with Crippen molar-refractivity contribution in [2.24, 2.45) is 0 Å². The molecule has 0 aliphatic carbocycles. The van der Waals surface area contributed by atoms with Crippen LogP contribution in [0.3, 0.4) is 0 Å². The summed E-state index contributed by atoms with van der Waals surface area (Å²) >= 11 is 0. The van der Waals surface area contributed by atoms with Crippen LogP contribution in [0, 0.1) is 6.92 Å². The van der Waals surface area contributed by atoms with Gasteiger partial charge in [-0.25, -0.2) is 0 Å². The van der Waals surface area contributed by atoms with E-state index in [2.05, 4.69) is 30.1 Å². The van der Waals surface area contributed by atoms with Gasteiger partial charge in [0.15, 0.2) is 0 Å². The van der Waals surface area contributed by atoms with Crippen LogP contribution >= 0.6 is 0 Å². The molecule has 2 aromatic carbocycles. The van der Waals surface area contributed by atoms with E-state index in [0.717, 1.165) is 36.3 Å². The highest BCUT2D eigenvalue weighted by Gasteiger charge is 2.22. The van der Waals surface area contributed by atoms with Crippen molar-refractivity contribution in [1.29, 1.82) is 0 Å². The van der Waals surface area contributed by atoms with Gasteiger partial charge in [0.1, 0.15) is 5.56 Å². The standard InChI is InChI=1S/C28H33N3O3/c1-20-8-6-9-23(14-20)18-31-13-7-12-26(28(31)33)27(32)29-15-24-10-4-5-11-25(24)19-30-16-21(2)34-22(3)17-30/h4-14,21-22H,15-19H2,1-3H3,(H,29,32). The van der Waals surface area contributed by atoms with Gasteiger partial charge in [-0.15, -0.1) is 0 Å². The van der Waals surface area contributed by atoms with E-state index in [9.17, 15) is 9.59 Å². The van der Waals surface area contributed by atoms with Gasteiger partial charge in [-0.2, -0.15) is 0 Å². The highest BCUT2D eigenvalue weighted by Crippen LogP contribution is 2.17. The number of hydrogen-bond donors (Lipinski definition) is 1. The zero-order valence-corrected chi connectivity index (χ0v) is 20.2. The van der Waals surface area contributed by atoms with Gasteiger partial charge in [0.05, 0.1) is 18.8 Å². The fourth-order valence-corrected chi connectivity index (χ4v) is 4.65. The predicted molar refractivity (Wildman–Crippen MR) is 134 cm³/mol. The molecule has 2 atom stereocenters. The summed E-state index contributed by atoms with van der Waals surface area (Å²) in [6.07, 6.45) is 2.13. The molecule has 34 heavy (non-hydrogen) atoms. The summed E-state index contributed by atoms with van der Waals surface area (Å²) in [4.78, 5) is 28.3. The molecule has 2 heterocycles. The maximum absolute atomic E-state index is 13.0. The maximum Gasteiger partial charge on any atom is 0.263 e. The Kier molecular flexibility index (Phi) is 7.60. The van der Waals surface area contributed by atoms with Crippen LogP contribution in [0.1, 0.15) is 46.5 Å². The van der Waals surface area contributed by atoms with Crippen molar-refractivity contribution >= 4 is 5.91 Å². The third kappa shape index (κ3) is 6.01. The second-order valence-electron chi connectivity index (χ2n) is 9.25.